The number of rotatable bonds is 3. The van der Waals surface area contributed by atoms with E-state index in [1.807, 2.05) is 35.4 Å². The molecule has 1 aliphatic carbocycles. The molecule has 1 aromatic carbocycles. The minimum absolute atomic E-state index is 0.0416. The second kappa shape index (κ2) is 7.56. The Hall–Kier alpha value is -3.39. The first-order valence-electron chi connectivity index (χ1n) is 11.9. The average molecular weight is 458 g/mol. The smallest absolute Gasteiger partial charge is 0.155 e. The highest BCUT2D eigenvalue weighted by molar-refractivity contribution is 5.74. The van der Waals surface area contributed by atoms with Gasteiger partial charge in [0.25, 0.3) is 0 Å². The third-order valence-corrected chi connectivity index (χ3v) is 7.89. The molecule has 34 heavy (non-hydrogen) atoms. The van der Waals surface area contributed by atoms with Gasteiger partial charge in [-0.05, 0) is 73.9 Å². The molecule has 8 heteroatoms. The van der Waals surface area contributed by atoms with Gasteiger partial charge in [-0.15, -0.1) is 0 Å². The van der Waals surface area contributed by atoms with Crippen LogP contribution < -0.4 is 15.4 Å². The number of ether oxygens (including phenoxy) is 1. The second-order valence-electron chi connectivity index (χ2n) is 9.86. The first-order valence-corrected chi connectivity index (χ1v) is 11.9. The zero-order valence-electron chi connectivity index (χ0n) is 20.2. The van der Waals surface area contributed by atoms with Gasteiger partial charge < -0.3 is 15.4 Å². The maximum absolute atomic E-state index is 6.85. The van der Waals surface area contributed by atoms with Crippen LogP contribution >= 0.6 is 0 Å². The summed E-state index contributed by atoms with van der Waals surface area (Å²) < 4.78 is 9.36. The molecule has 6 rings (SSSR count). The Morgan fingerprint density at radius 1 is 1.12 bits per heavy atom. The largest absolute Gasteiger partial charge is 0.497 e. The molecule has 176 valence electrons. The number of nitrogens with zero attached hydrogens (tertiary/aromatic N) is 6. The molecule has 1 spiro atoms. The van der Waals surface area contributed by atoms with Crippen molar-refractivity contribution >= 4 is 11.3 Å². The molecule has 2 N–H and O–H groups in total. The number of benzene rings is 1. The summed E-state index contributed by atoms with van der Waals surface area (Å²) in [5.41, 5.74) is 14.5. The highest BCUT2D eigenvalue weighted by Crippen LogP contribution is 2.51. The predicted molar refractivity (Wildman–Crippen MR) is 132 cm³/mol. The molecule has 1 atom stereocenters. The lowest BCUT2D eigenvalue weighted by atomic mass is 9.73. The van der Waals surface area contributed by atoms with Crippen LogP contribution in [0.2, 0.25) is 0 Å². The lowest BCUT2D eigenvalue weighted by Gasteiger charge is -2.42. The molecule has 1 fully saturated rings. The van der Waals surface area contributed by atoms with Crippen molar-refractivity contribution in [3.05, 3.63) is 59.0 Å². The normalized spacial score (nSPS) is 19.2. The number of piperidine rings is 1. The van der Waals surface area contributed by atoms with Crippen LogP contribution in [0.25, 0.3) is 16.9 Å². The van der Waals surface area contributed by atoms with E-state index in [0.29, 0.717) is 0 Å². The highest BCUT2D eigenvalue weighted by atomic mass is 16.5. The second-order valence-corrected chi connectivity index (χ2v) is 9.86. The molecule has 1 saturated heterocycles. The molecule has 4 aromatic rings. The Morgan fingerprint density at radius 2 is 1.91 bits per heavy atom. The van der Waals surface area contributed by atoms with Crippen molar-refractivity contribution in [2.75, 3.05) is 25.1 Å². The predicted octanol–water partition coefficient (Wildman–Crippen LogP) is 3.60. The zero-order chi connectivity index (χ0) is 23.6. The molecule has 0 bridgehead atoms. The Kier molecular flexibility index (Phi) is 4.71. The van der Waals surface area contributed by atoms with E-state index >= 15 is 0 Å². The third kappa shape index (κ3) is 3.05. The molecule has 0 amide bonds. The SMILES string of the molecule is COc1ccc2c(c1)[C@@H](N)C1(CCN(c3nc(C)c(-c4cc(C)nn4C)n4nccc34)CC1)C2. The zero-order valence-corrected chi connectivity index (χ0v) is 20.2. The first-order chi connectivity index (χ1) is 16.4. The van der Waals surface area contributed by atoms with Gasteiger partial charge in [-0.1, -0.05) is 6.07 Å². The molecule has 0 saturated carbocycles. The number of fused-ring (bicyclic) bond motifs is 2. The minimum Gasteiger partial charge on any atom is -0.497 e. The topological polar surface area (TPSA) is 86.5 Å². The van der Waals surface area contributed by atoms with Gasteiger partial charge >= 0.3 is 0 Å². The van der Waals surface area contributed by atoms with Crippen molar-refractivity contribution in [2.45, 2.75) is 39.2 Å². The lowest BCUT2D eigenvalue weighted by molar-refractivity contribution is 0.187. The number of aromatic nitrogens is 5. The summed E-state index contributed by atoms with van der Waals surface area (Å²) in [4.78, 5) is 7.50. The molecular weight excluding hydrogens is 426 g/mol. The van der Waals surface area contributed by atoms with E-state index < -0.39 is 0 Å². The van der Waals surface area contributed by atoms with Crippen LogP contribution in [0.5, 0.6) is 5.75 Å². The van der Waals surface area contributed by atoms with E-state index in [4.69, 9.17) is 15.5 Å². The summed E-state index contributed by atoms with van der Waals surface area (Å²) >= 11 is 0. The monoisotopic (exact) mass is 457 g/mol. The number of methoxy groups -OCH3 is 1. The van der Waals surface area contributed by atoms with Crippen molar-refractivity contribution in [3.63, 3.8) is 0 Å². The number of hydrogen-bond donors (Lipinski definition) is 1. The Labute approximate surface area is 199 Å². The van der Waals surface area contributed by atoms with Crippen molar-refractivity contribution < 1.29 is 4.74 Å². The highest BCUT2D eigenvalue weighted by Gasteiger charge is 2.46. The van der Waals surface area contributed by atoms with Crippen LogP contribution in [0, 0.1) is 19.3 Å². The summed E-state index contributed by atoms with van der Waals surface area (Å²) in [6.45, 7) is 5.92. The maximum Gasteiger partial charge on any atom is 0.155 e. The summed E-state index contributed by atoms with van der Waals surface area (Å²) in [6, 6.07) is 10.6. The Morgan fingerprint density at radius 3 is 2.62 bits per heavy atom. The quantitative estimate of drug-likeness (QED) is 0.506. The molecule has 0 radical (unpaired) electrons. The van der Waals surface area contributed by atoms with E-state index in [0.717, 1.165) is 72.2 Å². The van der Waals surface area contributed by atoms with Crippen LogP contribution in [0.15, 0.2) is 36.5 Å². The van der Waals surface area contributed by atoms with Crippen LogP contribution in [-0.4, -0.2) is 44.6 Å². The van der Waals surface area contributed by atoms with Gasteiger partial charge in [0.05, 0.1) is 30.4 Å². The van der Waals surface area contributed by atoms with E-state index in [-0.39, 0.29) is 11.5 Å². The molecule has 3 aromatic heterocycles. The van der Waals surface area contributed by atoms with Gasteiger partial charge in [-0.3, -0.25) is 4.68 Å². The lowest BCUT2D eigenvalue weighted by Crippen LogP contribution is -2.44. The third-order valence-electron chi connectivity index (χ3n) is 7.89. The Bertz CT molecular complexity index is 1390. The maximum atomic E-state index is 6.85. The van der Waals surface area contributed by atoms with Crippen molar-refractivity contribution in [1.82, 2.24) is 24.4 Å². The number of nitrogens with two attached hydrogens (primary N) is 1. The molecular formula is C26H31N7O. The van der Waals surface area contributed by atoms with Crippen molar-refractivity contribution in [2.24, 2.45) is 18.2 Å². The Balaban J connectivity index is 1.31. The van der Waals surface area contributed by atoms with E-state index in [1.54, 1.807) is 7.11 Å². The van der Waals surface area contributed by atoms with Gasteiger partial charge in [-0.25, -0.2) is 9.50 Å². The number of hydrogen-bond acceptors (Lipinski definition) is 6. The fraction of sp³-hybridized carbons (Fsp3) is 0.423. The van der Waals surface area contributed by atoms with Gasteiger partial charge in [0, 0.05) is 26.2 Å². The summed E-state index contributed by atoms with van der Waals surface area (Å²) in [5.74, 6) is 1.88. The van der Waals surface area contributed by atoms with Crippen molar-refractivity contribution in [3.8, 4) is 17.1 Å². The van der Waals surface area contributed by atoms with E-state index in [1.165, 1.54) is 11.1 Å². The summed E-state index contributed by atoms with van der Waals surface area (Å²) in [6.07, 6.45) is 4.97. The van der Waals surface area contributed by atoms with Crippen molar-refractivity contribution in [1.29, 1.82) is 0 Å². The fourth-order valence-electron chi connectivity index (χ4n) is 6.05. The molecule has 8 nitrogen and oxygen atoms in total. The number of aryl methyl sites for hydroxylation is 3. The van der Waals surface area contributed by atoms with Crippen LogP contribution in [-0.2, 0) is 13.5 Å². The average Bonchev–Trinajstić information content (AvgIpc) is 3.51. The van der Waals surface area contributed by atoms with Gasteiger partial charge in [0.15, 0.2) is 5.82 Å². The van der Waals surface area contributed by atoms with Gasteiger partial charge in [-0.2, -0.15) is 10.2 Å². The molecule has 1 aliphatic heterocycles. The standard InChI is InChI=1S/C26H31N7O/c1-16-13-22(31(3)30-16)23-17(2)29-25(21-7-10-28-33(21)23)32-11-8-26(9-12-32)15-18-5-6-19(34-4)14-20(18)24(26)27/h5-7,10,13-14,24H,8-9,11-12,15,27H2,1-4H3/t24-/m1/s1. The number of anilines is 1. The van der Waals surface area contributed by atoms with Gasteiger partial charge in [0.1, 0.15) is 17.0 Å². The minimum atomic E-state index is 0.0416. The fourth-order valence-corrected chi connectivity index (χ4v) is 6.05. The van der Waals surface area contributed by atoms with Crippen LogP contribution in [0.4, 0.5) is 5.82 Å². The van der Waals surface area contributed by atoms with E-state index in [9.17, 15) is 0 Å². The van der Waals surface area contributed by atoms with E-state index in [2.05, 4.69) is 46.3 Å². The first kappa shape index (κ1) is 21.2. The summed E-state index contributed by atoms with van der Waals surface area (Å²) in [5, 5.41) is 9.19. The van der Waals surface area contributed by atoms with Crippen LogP contribution in [0.3, 0.4) is 0 Å². The molecule has 0 unspecified atom stereocenters. The molecule has 2 aliphatic rings. The van der Waals surface area contributed by atoms with Gasteiger partial charge in [0.2, 0.25) is 0 Å². The van der Waals surface area contributed by atoms with Crippen LogP contribution in [0.1, 0.15) is 41.4 Å². The summed E-state index contributed by atoms with van der Waals surface area (Å²) in [7, 11) is 3.68. The molecule has 4 heterocycles.